The number of hydrogen-bond donors (Lipinski definition) is 1. The molecule has 2 aromatic heterocycles. The lowest BCUT2D eigenvalue weighted by molar-refractivity contribution is -0.113. The molecule has 0 fully saturated rings. The fraction of sp³-hybridized carbons (Fsp3) is 0.250. The number of aryl methyl sites for hydroxylation is 2. The second-order valence-electron chi connectivity index (χ2n) is 5.34. The van der Waals surface area contributed by atoms with E-state index in [0.717, 1.165) is 10.6 Å². The zero-order valence-electron chi connectivity index (χ0n) is 13.9. The topological polar surface area (TPSA) is 72.7 Å². The zero-order valence-corrected chi connectivity index (χ0v) is 15.5. The highest BCUT2D eigenvalue weighted by Gasteiger charge is 2.16. The summed E-state index contributed by atoms with van der Waals surface area (Å²) < 4.78 is 15.6. The van der Waals surface area contributed by atoms with Gasteiger partial charge in [-0.2, -0.15) is 0 Å². The minimum absolute atomic E-state index is 0.168. The van der Waals surface area contributed by atoms with Crippen LogP contribution in [0, 0.1) is 19.7 Å². The number of carbonyl (C=O) groups excluding carboxylic acids is 1. The first-order valence-electron chi connectivity index (χ1n) is 7.46. The molecule has 3 aromatic rings. The quantitative estimate of drug-likeness (QED) is 0.690. The number of nitrogens with one attached hydrogen (secondary N) is 1. The molecule has 1 N–H and O–H groups in total. The molecule has 0 aliphatic heterocycles. The maximum absolute atomic E-state index is 13.9. The molecular formula is C16H16FN5OS2. The average molecular weight is 377 g/mol. The van der Waals surface area contributed by atoms with Crippen molar-refractivity contribution in [2.75, 3.05) is 11.1 Å². The smallest absolute Gasteiger partial charge is 0.236 e. The van der Waals surface area contributed by atoms with Crippen LogP contribution in [-0.4, -0.2) is 31.4 Å². The highest BCUT2D eigenvalue weighted by molar-refractivity contribution is 7.99. The van der Waals surface area contributed by atoms with Crippen LogP contribution in [-0.2, 0) is 11.8 Å². The van der Waals surface area contributed by atoms with Crippen LogP contribution in [0.4, 0.5) is 9.52 Å². The Kier molecular flexibility index (Phi) is 5.14. The van der Waals surface area contributed by atoms with Gasteiger partial charge in [0.15, 0.2) is 16.1 Å². The van der Waals surface area contributed by atoms with Crippen LogP contribution in [0.2, 0.25) is 0 Å². The van der Waals surface area contributed by atoms with E-state index in [1.54, 1.807) is 29.8 Å². The van der Waals surface area contributed by atoms with E-state index in [9.17, 15) is 9.18 Å². The number of benzene rings is 1. The number of carbonyl (C=O) groups is 1. The molecule has 0 radical (unpaired) electrons. The first-order valence-corrected chi connectivity index (χ1v) is 9.27. The molecular weight excluding hydrogens is 361 g/mol. The Morgan fingerprint density at radius 2 is 2.08 bits per heavy atom. The molecule has 0 saturated heterocycles. The lowest BCUT2D eigenvalue weighted by atomic mass is 10.2. The Bertz CT molecular complexity index is 902. The predicted molar refractivity (Wildman–Crippen MR) is 97.3 cm³/mol. The van der Waals surface area contributed by atoms with Crippen molar-refractivity contribution in [1.82, 2.24) is 19.7 Å². The van der Waals surface area contributed by atoms with Crippen molar-refractivity contribution in [3.05, 3.63) is 40.7 Å². The number of halogens is 1. The largest absolute Gasteiger partial charge is 0.305 e. The second-order valence-corrected chi connectivity index (χ2v) is 7.49. The van der Waals surface area contributed by atoms with E-state index in [4.69, 9.17) is 0 Å². The summed E-state index contributed by atoms with van der Waals surface area (Å²) in [5.41, 5.74) is 1.29. The Morgan fingerprint density at radius 1 is 1.32 bits per heavy atom. The third kappa shape index (κ3) is 3.88. The van der Waals surface area contributed by atoms with Gasteiger partial charge in [-0.1, -0.05) is 23.9 Å². The number of aromatic nitrogens is 4. The minimum Gasteiger partial charge on any atom is -0.305 e. The van der Waals surface area contributed by atoms with Crippen molar-refractivity contribution < 1.29 is 9.18 Å². The van der Waals surface area contributed by atoms with Gasteiger partial charge in [0.05, 0.1) is 17.0 Å². The Morgan fingerprint density at radius 3 is 2.76 bits per heavy atom. The summed E-state index contributed by atoms with van der Waals surface area (Å²) in [5.74, 6) is 0.0594. The van der Waals surface area contributed by atoms with E-state index < -0.39 is 0 Å². The second kappa shape index (κ2) is 7.32. The summed E-state index contributed by atoms with van der Waals surface area (Å²) in [6, 6.07) is 6.39. The molecule has 2 heterocycles. The standard InChI is InChI=1S/C16H16FN5OS2/c1-9-10(2)25-15(18-9)19-13(23)8-24-16-21-20-14(22(16)3)11-6-4-5-7-12(11)17/h4-7H,8H2,1-3H3,(H,18,19,23). The summed E-state index contributed by atoms with van der Waals surface area (Å²) in [5, 5.41) is 12.0. The number of anilines is 1. The Balaban J connectivity index is 1.66. The molecule has 3 rings (SSSR count). The van der Waals surface area contributed by atoms with Gasteiger partial charge in [0.1, 0.15) is 5.82 Å². The number of hydrogen-bond acceptors (Lipinski definition) is 6. The van der Waals surface area contributed by atoms with E-state index >= 15 is 0 Å². The van der Waals surface area contributed by atoms with E-state index in [2.05, 4.69) is 20.5 Å². The molecule has 0 spiro atoms. The lowest BCUT2D eigenvalue weighted by Crippen LogP contribution is -2.14. The van der Waals surface area contributed by atoms with Crippen molar-refractivity contribution in [1.29, 1.82) is 0 Å². The Hall–Kier alpha value is -2.26. The number of thioether (sulfide) groups is 1. The van der Waals surface area contributed by atoms with Crippen molar-refractivity contribution in [3.8, 4) is 11.4 Å². The molecule has 0 aliphatic rings. The van der Waals surface area contributed by atoms with Gasteiger partial charge in [-0.05, 0) is 26.0 Å². The molecule has 0 unspecified atom stereocenters. The van der Waals surface area contributed by atoms with Gasteiger partial charge in [0, 0.05) is 11.9 Å². The molecule has 1 aromatic carbocycles. The van der Waals surface area contributed by atoms with Gasteiger partial charge in [-0.15, -0.1) is 21.5 Å². The van der Waals surface area contributed by atoms with Crippen LogP contribution in [0.1, 0.15) is 10.6 Å². The fourth-order valence-corrected chi connectivity index (χ4v) is 3.67. The third-order valence-corrected chi connectivity index (χ3v) is 5.57. The van der Waals surface area contributed by atoms with Crippen molar-refractivity contribution >= 4 is 34.1 Å². The highest BCUT2D eigenvalue weighted by Crippen LogP contribution is 2.25. The minimum atomic E-state index is -0.359. The molecule has 9 heteroatoms. The molecule has 1 amide bonds. The van der Waals surface area contributed by atoms with Gasteiger partial charge in [0.25, 0.3) is 0 Å². The molecule has 130 valence electrons. The van der Waals surface area contributed by atoms with E-state index in [1.807, 2.05) is 13.8 Å². The van der Waals surface area contributed by atoms with Crippen LogP contribution in [0.15, 0.2) is 29.4 Å². The SMILES string of the molecule is Cc1nc(NC(=O)CSc2nnc(-c3ccccc3F)n2C)sc1C. The van der Waals surface area contributed by atoms with Crippen molar-refractivity contribution in [3.63, 3.8) is 0 Å². The number of rotatable bonds is 5. The van der Waals surface area contributed by atoms with E-state index in [0.29, 0.717) is 21.7 Å². The molecule has 0 aliphatic carbocycles. The fourth-order valence-electron chi connectivity index (χ4n) is 2.13. The number of nitrogens with zero attached hydrogens (tertiary/aromatic N) is 4. The van der Waals surface area contributed by atoms with Crippen molar-refractivity contribution in [2.24, 2.45) is 7.05 Å². The molecule has 0 bridgehead atoms. The third-order valence-electron chi connectivity index (χ3n) is 3.56. The van der Waals surface area contributed by atoms with Gasteiger partial charge in [-0.25, -0.2) is 9.37 Å². The molecule has 0 saturated carbocycles. The maximum atomic E-state index is 13.9. The monoisotopic (exact) mass is 377 g/mol. The number of thiazole rings is 1. The summed E-state index contributed by atoms with van der Waals surface area (Å²) in [4.78, 5) is 17.4. The number of amides is 1. The van der Waals surface area contributed by atoms with Crippen LogP contribution in [0.3, 0.4) is 0 Å². The lowest BCUT2D eigenvalue weighted by Gasteiger charge is -2.04. The first-order chi connectivity index (χ1) is 12.0. The van der Waals surface area contributed by atoms with E-state index in [-0.39, 0.29) is 17.5 Å². The Labute approximate surface area is 152 Å². The summed E-state index contributed by atoms with van der Waals surface area (Å²) in [7, 11) is 1.75. The highest BCUT2D eigenvalue weighted by atomic mass is 32.2. The molecule has 0 atom stereocenters. The molecule has 25 heavy (non-hydrogen) atoms. The molecule has 6 nitrogen and oxygen atoms in total. The van der Waals surface area contributed by atoms with Gasteiger partial charge >= 0.3 is 0 Å². The van der Waals surface area contributed by atoms with Crippen LogP contribution in [0.25, 0.3) is 11.4 Å². The predicted octanol–water partition coefficient (Wildman–Crippen LogP) is 3.43. The van der Waals surface area contributed by atoms with Gasteiger partial charge in [0.2, 0.25) is 5.91 Å². The maximum Gasteiger partial charge on any atom is 0.236 e. The summed E-state index contributed by atoms with van der Waals surface area (Å²) in [6.07, 6.45) is 0. The van der Waals surface area contributed by atoms with Gasteiger partial charge < -0.3 is 9.88 Å². The first kappa shape index (κ1) is 17.6. The zero-order chi connectivity index (χ0) is 18.0. The normalized spacial score (nSPS) is 10.9. The van der Waals surface area contributed by atoms with Crippen LogP contribution >= 0.6 is 23.1 Å². The van der Waals surface area contributed by atoms with E-state index in [1.165, 1.54) is 29.2 Å². The summed E-state index contributed by atoms with van der Waals surface area (Å²) in [6.45, 7) is 3.86. The van der Waals surface area contributed by atoms with Crippen LogP contribution < -0.4 is 5.32 Å². The summed E-state index contributed by atoms with van der Waals surface area (Å²) >= 11 is 2.68. The van der Waals surface area contributed by atoms with Crippen LogP contribution in [0.5, 0.6) is 0 Å². The average Bonchev–Trinajstić information content (AvgIpc) is 3.08. The van der Waals surface area contributed by atoms with Crippen molar-refractivity contribution in [2.45, 2.75) is 19.0 Å². The van der Waals surface area contributed by atoms with Gasteiger partial charge in [-0.3, -0.25) is 4.79 Å².